The number of nitro benzene ring substituents is 1. The second-order valence-corrected chi connectivity index (χ2v) is 4.32. The molecule has 110 valence electrons. The highest BCUT2D eigenvalue weighted by atomic mass is 16.6. The van der Waals surface area contributed by atoms with Gasteiger partial charge in [0.1, 0.15) is 18.0 Å². The molecule has 0 aromatic heterocycles. The summed E-state index contributed by atoms with van der Waals surface area (Å²) in [5, 5.41) is 13.8. The van der Waals surface area contributed by atoms with Crippen molar-refractivity contribution < 1.29 is 9.66 Å². The van der Waals surface area contributed by atoms with E-state index in [1.165, 1.54) is 12.1 Å². The first-order valence-corrected chi connectivity index (χ1v) is 6.34. The topological polar surface area (TPSA) is 116 Å². The second-order valence-electron chi connectivity index (χ2n) is 4.32. The molecule has 2 aromatic rings. The van der Waals surface area contributed by atoms with Gasteiger partial charge in [-0.2, -0.15) is 0 Å². The number of hydrogen-bond donors (Lipinski definition) is 3. The first-order valence-electron chi connectivity index (χ1n) is 6.34. The van der Waals surface area contributed by atoms with Gasteiger partial charge in [-0.15, -0.1) is 0 Å². The van der Waals surface area contributed by atoms with Crippen LogP contribution in [0.5, 0.6) is 5.75 Å². The van der Waals surface area contributed by atoms with Crippen molar-refractivity contribution >= 4 is 22.7 Å². The summed E-state index contributed by atoms with van der Waals surface area (Å²) in [7, 11) is 0. The van der Waals surface area contributed by atoms with Gasteiger partial charge in [-0.1, -0.05) is 6.07 Å². The van der Waals surface area contributed by atoms with E-state index in [4.69, 9.17) is 16.2 Å². The highest BCUT2D eigenvalue weighted by Gasteiger charge is 2.11. The molecular weight excluding hydrogens is 272 g/mol. The van der Waals surface area contributed by atoms with Crippen molar-refractivity contribution in [3.63, 3.8) is 0 Å². The van der Waals surface area contributed by atoms with Crippen LogP contribution in [-0.2, 0) is 0 Å². The highest BCUT2D eigenvalue weighted by molar-refractivity contribution is 5.70. The third-order valence-electron chi connectivity index (χ3n) is 2.73. The molecule has 0 radical (unpaired) electrons. The summed E-state index contributed by atoms with van der Waals surface area (Å²) in [4.78, 5) is 10.2. The minimum Gasteiger partial charge on any atom is -0.492 e. The minimum atomic E-state index is -0.513. The SMILES string of the molecule is NCCOc1cccc(Nc2ccc([N+](=O)[O-])c(N)c2)c1. The molecule has 2 rings (SSSR count). The first-order chi connectivity index (χ1) is 10.1. The van der Waals surface area contributed by atoms with Crippen LogP contribution in [0.1, 0.15) is 0 Å². The number of nitrogen functional groups attached to an aromatic ring is 1. The Morgan fingerprint density at radius 2 is 1.95 bits per heavy atom. The van der Waals surface area contributed by atoms with Gasteiger partial charge in [-0.25, -0.2) is 0 Å². The van der Waals surface area contributed by atoms with Gasteiger partial charge in [0.2, 0.25) is 0 Å². The van der Waals surface area contributed by atoms with E-state index in [-0.39, 0.29) is 11.4 Å². The predicted molar refractivity (Wildman–Crippen MR) is 81.8 cm³/mol. The quantitative estimate of drug-likeness (QED) is 0.426. The van der Waals surface area contributed by atoms with Crippen LogP contribution in [0.3, 0.4) is 0 Å². The van der Waals surface area contributed by atoms with Gasteiger partial charge < -0.3 is 21.5 Å². The fourth-order valence-electron chi connectivity index (χ4n) is 1.81. The van der Waals surface area contributed by atoms with Crippen molar-refractivity contribution in [3.8, 4) is 5.75 Å². The Morgan fingerprint density at radius 1 is 1.19 bits per heavy atom. The monoisotopic (exact) mass is 288 g/mol. The highest BCUT2D eigenvalue weighted by Crippen LogP contribution is 2.27. The third-order valence-corrected chi connectivity index (χ3v) is 2.73. The summed E-state index contributed by atoms with van der Waals surface area (Å²) in [5.74, 6) is 0.695. The van der Waals surface area contributed by atoms with E-state index >= 15 is 0 Å². The molecule has 0 aliphatic heterocycles. The molecule has 0 aliphatic carbocycles. The average Bonchev–Trinajstić information content (AvgIpc) is 2.45. The Morgan fingerprint density at radius 3 is 2.62 bits per heavy atom. The molecule has 0 saturated heterocycles. The number of benzene rings is 2. The van der Waals surface area contributed by atoms with Gasteiger partial charge in [0, 0.05) is 30.1 Å². The smallest absolute Gasteiger partial charge is 0.292 e. The van der Waals surface area contributed by atoms with E-state index in [1.54, 1.807) is 6.07 Å². The summed E-state index contributed by atoms with van der Waals surface area (Å²) in [6, 6.07) is 11.8. The number of nitrogens with one attached hydrogen (secondary N) is 1. The van der Waals surface area contributed by atoms with Gasteiger partial charge in [0.25, 0.3) is 5.69 Å². The molecule has 0 amide bonds. The van der Waals surface area contributed by atoms with Crippen molar-refractivity contribution in [2.75, 3.05) is 24.2 Å². The predicted octanol–water partition coefficient (Wildman–Crippen LogP) is 2.26. The minimum absolute atomic E-state index is 0.111. The van der Waals surface area contributed by atoms with Crippen LogP contribution in [0.15, 0.2) is 42.5 Å². The lowest BCUT2D eigenvalue weighted by molar-refractivity contribution is -0.383. The second kappa shape index (κ2) is 6.58. The Bertz CT molecular complexity index is 646. The van der Waals surface area contributed by atoms with Crippen molar-refractivity contribution in [2.45, 2.75) is 0 Å². The van der Waals surface area contributed by atoms with Gasteiger partial charge in [-0.3, -0.25) is 10.1 Å². The third kappa shape index (κ3) is 3.83. The van der Waals surface area contributed by atoms with E-state index in [2.05, 4.69) is 5.32 Å². The lowest BCUT2D eigenvalue weighted by atomic mass is 10.2. The average molecular weight is 288 g/mol. The molecule has 0 spiro atoms. The molecule has 0 aliphatic rings. The number of nitrogens with zero attached hydrogens (tertiary/aromatic N) is 1. The van der Waals surface area contributed by atoms with Crippen LogP contribution >= 0.6 is 0 Å². The van der Waals surface area contributed by atoms with Gasteiger partial charge in [0.05, 0.1) is 4.92 Å². The molecule has 21 heavy (non-hydrogen) atoms. The van der Waals surface area contributed by atoms with E-state index in [1.807, 2.05) is 24.3 Å². The lowest BCUT2D eigenvalue weighted by Gasteiger charge is -2.10. The number of rotatable bonds is 6. The molecule has 0 fully saturated rings. The summed E-state index contributed by atoms with van der Waals surface area (Å²) in [6.45, 7) is 0.879. The fourth-order valence-corrected chi connectivity index (χ4v) is 1.81. The normalized spacial score (nSPS) is 10.1. The molecule has 7 heteroatoms. The van der Waals surface area contributed by atoms with Crippen molar-refractivity contribution in [3.05, 3.63) is 52.6 Å². The largest absolute Gasteiger partial charge is 0.492 e. The van der Waals surface area contributed by atoms with Crippen LogP contribution in [0.25, 0.3) is 0 Å². The molecular formula is C14H16N4O3. The zero-order valence-electron chi connectivity index (χ0n) is 11.3. The fraction of sp³-hybridized carbons (Fsp3) is 0.143. The number of hydrogen-bond acceptors (Lipinski definition) is 6. The van der Waals surface area contributed by atoms with Crippen LogP contribution in [0, 0.1) is 10.1 Å². The van der Waals surface area contributed by atoms with E-state index in [0.29, 0.717) is 24.6 Å². The Hall–Kier alpha value is -2.80. The zero-order valence-corrected chi connectivity index (χ0v) is 11.3. The van der Waals surface area contributed by atoms with Crippen molar-refractivity contribution in [2.24, 2.45) is 5.73 Å². The molecule has 5 N–H and O–H groups in total. The van der Waals surface area contributed by atoms with Crippen LogP contribution in [-0.4, -0.2) is 18.1 Å². The summed E-state index contributed by atoms with van der Waals surface area (Å²) in [6.07, 6.45) is 0. The summed E-state index contributed by atoms with van der Waals surface area (Å²) < 4.78 is 5.43. The van der Waals surface area contributed by atoms with Crippen LogP contribution in [0.4, 0.5) is 22.7 Å². The van der Waals surface area contributed by atoms with Crippen molar-refractivity contribution in [1.82, 2.24) is 0 Å². The lowest BCUT2D eigenvalue weighted by Crippen LogP contribution is -2.10. The Kier molecular flexibility index (Phi) is 4.57. The first kappa shape index (κ1) is 14.6. The van der Waals surface area contributed by atoms with Crippen molar-refractivity contribution in [1.29, 1.82) is 0 Å². The van der Waals surface area contributed by atoms with Crippen LogP contribution < -0.4 is 21.5 Å². The van der Waals surface area contributed by atoms with Gasteiger partial charge >= 0.3 is 0 Å². The maximum Gasteiger partial charge on any atom is 0.292 e. The van der Waals surface area contributed by atoms with Crippen LogP contribution in [0.2, 0.25) is 0 Å². The molecule has 0 bridgehead atoms. The number of anilines is 3. The number of ether oxygens (including phenoxy) is 1. The molecule has 0 heterocycles. The van der Waals surface area contributed by atoms with E-state index in [0.717, 1.165) is 5.69 Å². The van der Waals surface area contributed by atoms with Gasteiger partial charge in [-0.05, 0) is 24.3 Å². The summed E-state index contributed by atoms with van der Waals surface area (Å²) >= 11 is 0. The Balaban J connectivity index is 2.14. The Labute approximate surface area is 121 Å². The van der Waals surface area contributed by atoms with E-state index in [9.17, 15) is 10.1 Å². The number of nitrogens with two attached hydrogens (primary N) is 2. The molecule has 0 unspecified atom stereocenters. The standard InChI is InChI=1S/C14H16N4O3/c15-6-7-21-12-3-1-2-10(8-12)17-11-4-5-14(18(19)20)13(16)9-11/h1-5,8-9,17H,6-7,15-16H2. The summed E-state index contributed by atoms with van der Waals surface area (Å²) in [5.41, 5.74) is 12.5. The molecule has 0 atom stereocenters. The maximum absolute atomic E-state index is 10.7. The molecule has 2 aromatic carbocycles. The molecule has 0 saturated carbocycles. The van der Waals surface area contributed by atoms with Gasteiger partial charge in [0.15, 0.2) is 0 Å². The maximum atomic E-state index is 10.7. The molecule has 7 nitrogen and oxygen atoms in total. The number of nitro groups is 1. The zero-order chi connectivity index (χ0) is 15.2. The van der Waals surface area contributed by atoms with E-state index < -0.39 is 4.92 Å².